The Morgan fingerprint density at radius 1 is 1.70 bits per heavy atom. The highest BCUT2D eigenvalue weighted by Gasteiger charge is 2.04. The Kier molecular flexibility index (Phi) is 2.78. The van der Waals surface area contributed by atoms with Gasteiger partial charge in [0.05, 0.1) is 0 Å². The fraction of sp³-hybridized carbons (Fsp3) is 0.250. The van der Waals surface area contributed by atoms with E-state index in [0.717, 1.165) is 6.42 Å². The third kappa shape index (κ3) is 1.52. The molecule has 2 heteroatoms. The Morgan fingerprint density at radius 3 is 3.10 bits per heavy atom. The van der Waals surface area contributed by atoms with Crippen molar-refractivity contribution in [1.82, 2.24) is 0 Å². The molecule has 0 aliphatic heterocycles. The van der Waals surface area contributed by atoms with Crippen LogP contribution in [0, 0.1) is 0 Å². The van der Waals surface area contributed by atoms with E-state index in [9.17, 15) is 0 Å². The van der Waals surface area contributed by atoms with E-state index in [1.165, 1.54) is 11.1 Å². The van der Waals surface area contributed by atoms with E-state index >= 15 is 0 Å². The van der Waals surface area contributed by atoms with Crippen molar-refractivity contribution in [3.8, 4) is 0 Å². The first-order chi connectivity index (χ1) is 4.88. The predicted molar refractivity (Wildman–Crippen MR) is 48.0 cm³/mol. The fourth-order valence-electron chi connectivity index (χ4n) is 1.01. The van der Waals surface area contributed by atoms with E-state index in [1.807, 2.05) is 11.5 Å². The van der Waals surface area contributed by atoms with Gasteiger partial charge < -0.3 is 5.73 Å². The topological polar surface area (TPSA) is 26.0 Å². The molecule has 1 rings (SSSR count). The van der Waals surface area contributed by atoms with Gasteiger partial charge in [0.1, 0.15) is 0 Å². The van der Waals surface area contributed by atoms with Crippen LogP contribution >= 0.6 is 12.6 Å². The van der Waals surface area contributed by atoms with Gasteiger partial charge in [-0.3, -0.25) is 0 Å². The van der Waals surface area contributed by atoms with Gasteiger partial charge in [-0.05, 0) is 23.0 Å². The summed E-state index contributed by atoms with van der Waals surface area (Å²) in [6.45, 7) is 0.613. The zero-order valence-electron chi connectivity index (χ0n) is 5.75. The Hall–Kier alpha value is -0.470. The Balaban J connectivity index is 2.75. The number of allylic oxidation sites excluding steroid dienone is 4. The van der Waals surface area contributed by atoms with Gasteiger partial charge in [-0.2, -0.15) is 12.6 Å². The van der Waals surface area contributed by atoms with E-state index in [2.05, 4.69) is 24.8 Å². The van der Waals surface area contributed by atoms with Crippen molar-refractivity contribution in [2.24, 2.45) is 5.73 Å². The number of hydrogen-bond donors (Lipinski definition) is 2. The third-order valence-corrected chi connectivity index (χ3v) is 1.79. The van der Waals surface area contributed by atoms with Crippen molar-refractivity contribution in [3.63, 3.8) is 0 Å². The highest BCUT2D eigenvalue weighted by Crippen LogP contribution is 2.23. The van der Waals surface area contributed by atoms with E-state index in [-0.39, 0.29) is 0 Å². The standard InChI is InChI=1S/C8H11NS/c9-5-4-7-2-1-3-8(7)6-10/h1,3-4,6,10H,2,5,9H2/b7-4-,8-6-. The van der Waals surface area contributed by atoms with Crippen molar-refractivity contribution >= 4 is 12.6 Å². The molecular formula is C8H11NS. The number of nitrogens with two attached hydrogens (primary N) is 1. The summed E-state index contributed by atoms with van der Waals surface area (Å²) in [6, 6.07) is 0. The number of hydrogen-bond acceptors (Lipinski definition) is 2. The van der Waals surface area contributed by atoms with Crippen LogP contribution in [0.15, 0.2) is 34.8 Å². The van der Waals surface area contributed by atoms with Gasteiger partial charge in [0, 0.05) is 6.54 Å². The van der Waals surface area contributed by atoms with E-state index in [1.54, 1.807) is 0 Å². The van der Waals surface area contributed by atoms with Gasteiger partial charge in [-0.25, -0.2) is 0 Å². The molecule has 0 fully saturated rings. The maximum atomic E-state index is 5.37. The van der Waals surface area contributed by atoms with Crippen LogP contribution in [-0.4, -0.2) is 6.54 Å². The van der Waals surface area contributed by atoms with Crippen molar-refractivity contribution in [1.29, 1.82) is 0 Å². The number of thiol groups is 1. The van der Waals surface area contributed by atoms with Crippen LogP contribution in [0.5, 0.6) is 0 Å². The molecule has 0 spiro atoms. The van der Waals surface area contributed by atoms with E-state index in [4.69, 9.17) is 5.73 Å². The van der Waals surface area contributed by atoms with Crippen LogP contribution in [0.2, 0.25) is 0 Å². The minimum Gasteiger partial charge on any atom is -0.327 e. The fourth-order valence-corrected chi connectivity index (χ4v) is 1.26. The Morgan fingerprint density at radius 2 is 2.50 bits per heavy atom. The number of rotatable bonds is 1. The van der Waals surface area contributed by atoms with E-state index < -0.39 is 0 Å². The molecule has 0 unspecified atom stereocenters. The summed E-state index contributed by atoms with van der Waals surface area (Å²) in [5.74, 6) is 0. The lowest BCUT2D eigenvalue weighted by Crippen LogP contribution is -1.95. The summed E-state index contributed by atoms with van der Waals surface area (Å²) >= 11 is 4.07. The molecule has 0 amide bonds. The third-order valence-electron chi connectivity index (χ3n) is 1.51. The smallest absolute Gasteiger partial charge is 0.0112 e. The van der Waals surface area contributed by atoms with Gasteiger partial charge in [-0.15, -0.1) is 0 Å². The van der Waals surface area contributed by atoms with Crippen molar-refractivity contribution in [2.45, 2.75) is 6.42 Å². The summed E-state index contributed by atoms with van der Waals surface area (Å²) < 4.78 is 0. The highest BCUT2D eigenvalue weighted by molar-refractivity contribution is 7.83. The minimum atomic E-state index is 0.613. The normalized spacial score (nSPS) is 25.0. The molecule has 54 valence electrons. The van der Waals surface area contributed by atoms with Crippen LogP contribution in [-0.2, 0) is 0 Å². The predicted octanol–water partition coefficient (Wildman–Crippen LogP) is 1.65. The molecule has 2 N–H and O–H groups in total. The minimum absolute atomic E-state index is 0.613. The first-order valence-corrected chi connectivity index (χ1v) is 3.80. The van der Waals surface area contributed by atoms with Gasteiger partial charge in [0.2, 0.25) is 0 Å². The molecule has 0 aromatic rings. The first kappa shape index (κ1) is 7.63. The van der Waals surface area contributed by atoms with Crippen LogP contribution in [0.1, 0.15) is 6.42 Å². The largest absolute Gasteiger partial charge is 0.327 e. The Labute approximate surface area is 66.7 Å². The van der Waals surface area contributed by atoms with Crippen molar-refractivity contribution in [3.05, 3.63) is 34.8 Å². The summed E-state index contributed by atoms with van der Waals surface area (Å²) in [5.41, 5.74) is 7.85. The molecule has 1 aliphatic carbocycles. The van der Waals surface area contributed by atoms with Crippen LogP contribution in [0.3, 0.4) is 0 Å². The maximum absolute atomic E-state index is 5.37. The maximum Gasteiger partial charge on any atom is 0.0112 e. The molecule has 0 atom stereocenters. The highest BCUT2D eigenvalue weighted by atomic mass is 32.1. The average molecular weight is 153 g/mol. The second-order valence-corrected chi connectivity index (χ2v) is 2.41. The SMILES string of the molecule is NC/C=C1/CC=C/C1=C/S. The molecule has 1 aliphatic rings. The molecular weight excluding hydrogens is 142 g/mol. The van der Waals surface area contributed by atoms with Gasteiger partial charge >= 0.3 is 0 Å². The monoisotopic (exact) mass is 153 g/mol. The summed E-state index contributed by atoms with van der Waals surface area (Å²) in [5, 5.41) is 1.81. The molecule has 0 saturated carbocycles. The van der Waals surface area contributed by atoms with Crippen LogP contribution < -0.4 is 5.73 Å². The lowest BCUT2D eigenvalue weighted by molar-refractivity contribution is 1.19. The molecule has 0 aromatic heterocycles. The van der Waals surface area contributed by atoms with Crippen molar-refractivity contribution < 1.29 is 0 Å². The second kappa shape index (κ2) is 3.64. The summed E-state index contributed by atoms with van der Waals surface area (Å²) in [6.07, 6.45) is 7.21. The Bertz CT molecular complexity index is 201. The summed E-state index contributed by atoms with van der Waals surface area (Å²) in [4.78, 5) is 0. The van der Waals surface area contributed by atoms with Gasteiger partial charge in [-0.1, -0.05) is 18.2 Å². The molecule has 0 aromatic carbocycles. The molecule has 1 nitrogen and oxygen atoms in total. The van der Waals surface area contributed by atoms with Crippen molar-refractivity contribution in [2.75, 3.05) is 6.54 Å². The first-order valence-electron chi connectivity index (χ1n) is 3.29. The lowest BCUT2D eigenvalue weighted by atomic mass is 10.1. The van der Waals surface area contributed by atoms with Gasteiger partial charge in [0.25, 0.3) is 0 Å². The van der Waals surface area contributed by atoms with Gasteiger partial charge in [0.15, 0.2) is 0 Å². The molecule has 0 heterocycles. The molecule has 0 bridgehead atoms. The molecule has 0 saturated heterocycles. The average Bonchev–Trinajstić information content (AvgIpc) is 2.36. The zero-order chi connectivity index (χ0) is 7.40. The lowest BCUT2D eigenvalue weighted by Gasteiger charge is -1.96. The molecule has 10 heavy (non-hydrogen) atoms. The zero-order valence-corrected chi connectivity index (χ0v) is 6.64. The quantitative estimate of drug-likeness (QED) is 0.550. The molecule has 0 radical (unpaired) electrons. The van der Waals surface area contributed by atoms with Crippen LogP contribution in [0.25, 0.3) is 0 Å². The van der Waals surface area contributed by atoms with E-state index in [0.29, 0.717) is 6.54 Å². The second-order valence-electron chi connectivity index (χ2n) is 2.16. The summed E-state index contributed by atoms with van der Waals surface area (Å²) in [7, 11) is 0. The van der Waals surface area contributed by atoms with Crippen LogP contribution in [0.4, 0.5) is 0 Å².